The van der Waals surface area contributed by atoms with E-state index in [0.717, 1.165) is 39.2 Å². The summed E-state index contributed by atoms with van der Waals surface area (Å²) in [5.74, 6) is 0.519. The molecule has 0 saturated carbocycles. The number of hydrogen-bond donors (Lipinski definition) is 0. The van der Waals surface area contributed by atoms with Gasteiger partial charge >= 0.3 is 0 Å². The van der Waals surface area contributed by atoms with Gasteiger partial charge in [-0.1, -0.05) is 36.4 Å². The Morgan fingerprint density at radius 2 is 1.68 bits per heavy atom. The third kappa shape index (κ3) is 4.23. The monoisotopic (exact) mass is 411 g/mol. The second kappa shape index (κ2) is 8.52. The molecule has 1 amide bonds. The molecule has 0 radical (unpaired) electrons. The lowest BCUT2D eigenvalue weighted by Gasteiger charge is -2.15. The van der Waals surface area contributed by atoms with E-state index in [9.17, 15) is 4.79 Å². The molecule has 2 aromatic heterocycles. The first kappa shape index (κ1) is 20.5. The number of para-hydroxylation sites is 2. The van der Waals surface area contributed by atoms with Gasteiger partial charge in [-0.2, -0.15) is 5.10 Å². The van der Waals surface area contributed by atoms with Gasteiger partial charge in [0.2, 0.25) is 5.91 Å². The lowest BCUT2D eigenvalue weighted by atomic mass is 10.1. The molecular formula is C25H25N5O. The number of carbonyl (C=O) groups is 1. The van der Waals surface area contributed by atoms with Crippen LogP contribution in [-0.2, 0) is 11.3 Å². The van der Waals surface area contributed by atoms with Crippen LogP contribution in [0.25, 0.3) is 22.7 Å². The molecule has 0 aliphatic heterocycles. The Morgan fingerprint density at radius 1 is 0.968 bits per heavy atom. The van der Waals surface area contributed by atoms with Crippen molar-refractivity contribution < 1.29 is 4.79 Å². The Balaban J connectivity index is 1.51. The first-order chi connectivity index (χ1) is 14.9. The summed E-state index contributed by atoms with van der Waals surface area (Å²) >= 11 is 0. The predicted molar refractivity (Wildman–Crippen MR) is 123 cm³/mol. The highest BCUT2D eigenvalue weighted by molar-refractivity contribution is 5.92. The van der Waals surface area contributed by atoms with Crippen LogP contribution in [0, 0.1) is 20.8 Å². The largest absolute Gasteiger partial charge is 0.335 e. The van der Waals surface area contributed by atoms with Crippen LogP contribution in [-0.4, -0.2) is 37.6 Å². The molecule has 31 heavy (non-hydrogen) atoms. The molecule has 0 aliphatic carbocycles. The van der Waals surface area contributed by atoms with E-state index in [0.29, 0.717) is 12.4 Å². The van der Waals surface area contributed by atoms with Crippen molar-refractivity contribution in [3.8, 4) is 5.69 Å². The first-order valence-electron chi connectivity index (χ1n) is 10.2. The molecule has 0 N–H and O–H groups in total. The van der Waals surface area contributed by atoms with E-state index >= 15 is 0 Å². The summed E-state index contributed by atoms with van der Waals surface area (Å²) in [5, 5.41) is 5.66. The van der Waals surface area contributed by atoms with Crippen molar-refractivity contribution in [3.05, 3.63) is 89.1 Å². The van der Waals surface area contributed by atoms with Gasteiger partial charge in [-0.25, -0.2) is 14.6 Å². The molecule has 2 heterocycles. The Morgan fingerprint density at radius 3 is 2.45 bits per heavy atom. The number of nitrogens with zero attached hydrogens (tertiary/aromatic N) is 5. The molecular weight excluding hydrogens is 386 g/mol. The molecule has 156 valence electrons. The van der Waals surface area contributed by atoms with Gasteiger partial charge in [0.15, 0.2) is 0 Å². The van der Waals surface area contributed by atoms with E-state index in [1.165, 1.54) is 0 Å². The van der Waals surface area contributed by atoms with E-state index in [1.54, 1.807) is 18.0 Å². The van der Waals surface area contributed by atoms with Gasteiger partial charge in [0.25, 0.3) is 0 Å². The zero-order valence-electron chi connectivity index (χ0n) is 18.2. The Labute approximate surface area is 181 Å². The van der Waals surface area contributed by atoms with Gasteiger partial charge in [-0.3, -0.25) is 4.79 Å². The van der Waals surface area contributed by atoms with Gasteiger partial charge in [-0.05, 0) is 45.0 Å². The molecule has 6 heteroatoms. The summed E-state index contributed by atoms with van der Waals surface area (Å²) in [7, 11) is 1.76. The van der Waals surface area contributed by atoms with Crippen molar-refractivity contribution in [2.24, 2.45) is 0 Å². The third-order valence-electron chi connectivity index (χ3n) is 5.34. The van der Waals surface area contributed by atoms with Crippen molar-refractivity contribution in [1.82, 2.24) is 24.6 Å². The summed E-state index contributed by atoms with van der Waals surface area (Å²) in [6.07, 6.45) is 3.42. The van der Waals surface area contributed by atoms with Crippen LogP contribution in [0.15, 0.2) is 60.7 Å². The highest BCUT2D eigenvalue weighted by Crippen LogP contribution is 2.19. The summed E-state index contributed by atoms with van der Waals surface area (Å²) in [6.45, 7) is 6.26. The normalized spacial score (nSPS) is 11.4. The second-order valence-corrected chi connectivity index (χ2v) is 7.60. The van der Waals surface area contributed by atoms with Gasteiger partial charge in [0.05, 0.1) is 23.4 Å². The molecule has 0 unspecified atom stereocenters. The molecule has 0 bridgehead atoms. The molecule has 0 fully saturated rings. The molecule has 4 rings (SSSR count). The molecule has 0 spiro atoms. The van der Waals surface area contributed by atoms with Crippen LogP contribution in [0.1, 0.15) is 28.5 Å². The van der Waals surface area contributed by atoms with Crippen molar-refractivity contribution in [2.75, 3.05) is 7.05 Å². The standard InChI is InChI=1S/C25H25N5O/c1-17-22-12-8-9-13-23(22)27-24(26-17)16-29(4)25(31)15-14-21-18(2)28-30(19(21)3)20-10-6-5-7-11-20/h5-15H,16H2,1-4H3/b15-14+. The van der Waals surface area contributed by atoms with Crippen molar-refractivity contribution in [3.63, 3.8) is 0 Å². The van der Waals surface area contributed by atoms with Crippen LogP contribution in [0.2, 0.25) is 0 Å². The average Bonchev–Trinajstić information content (AvgIpc) is 3.06. The maximum absolute atomic E-state index is 12.7. The fourth-order valence-electron chi connectivity index (χ4n) is 3.65. The van der Waals surface area contributed by atoms with Crippen LogP contribution in [0.4, 0.5) is 0 Å². The van der Waals surface area contributed by atoms with E-state index in [4.69, 9.17) is 0 Å². The minimum Gasteiger partial charge on any atom is -0.335 e. The molecule has 0 aliphatic rings. The minimum atomic E-state index is -0.110. The number of benzene rings is 2. The number of amides is 1. The topological polar surface area (TPSA) is 63.9 Å². The number of rotatable bonds is 5. The maximum atomic E-state index is 12.7. The Hall–Kier alpha value is -3.80. The highest BCUT2D eigenvalue weighted by atomic mass is 16.2. The van der Waals surface area contributed by atoms with Crippen molar-refractivity contribution >= 4 is 22.9 Å². The summed E-state index contributed by atoms with van der Waals surface area (Å²) in [6, 6.07) is 17.9. The molecule has 2 aromatic carbocycles. The lowest BCUT2D eigenvalue weighted by Crippen LogP contribution is -2.25. The van der Waals surface area contributed by atoms with Crippen molar-refractivity contribution in [1.29, 1.82) is 0 Å². The van der Waals surface area contributed by atoms with Crippen molar-refractivity contribution in [2.45, 2.75) is 27.3 Å². The third-order valence-corrected chi connectivity index (χ3v) is 5.34. The number of carbonyl (C=O) groups excluding carboxylic acids is 1. The molecule has 0 saturated heterocycles. The van der Waals surface area contributed by atoms with Gasteiger partial charge in [0.1, 0.15) is 5.82 Å². The zero-order chi connectivity index (χ0) is 22.0. The molecule has 0 atom stereocenters. The smallest absolute Gasteiger partial charge is 0.246 e. The SMILES string of the molecule is Cc1nn(-c2ccccc2)c(C)c1/C=C/C(=O)N(C)Cc1nc(C)c2ccccc2n1. The maximum Gasteiger partial charge on any atom is 0.246 e. The fraction of sp³-hybridized carbons (Fsp3) is 0.200. The summed E-state index contributed by atoms with van der Waals surface area (Å²) in [5.41, 5.74) is 5.61. The molecule has 4 aromatic rings. The zero-order valence-corrected chi connectivity index (χ0v) is 18.2. The quantitative estimate of drug-likeness (QED) is 0.456. The first-order valence-corrected chi connectivity index (χ1v) is 10.2. The van der Waals surface area contributed by atoms with Gasteiger partial charge < -0.3 is 4.90 Å². The van der Waals surface area contributed by atoms with E-state index in [2.05, 4.69) is 15.1 Å². The average molecular weight is 412 g/mol. The van der Waals surface area contributed by atoms with E-state index < -0.39 is 0 Å². The van der Waals surface area contributed by atoms with Crippen LogP contribution >= 0.6 is 0 Å². The number of hydrogen-bond acceptors (Lipinski definition) is 4. The van der Waals surface area contributed by atoms with E-state index in [1.807, 2.05) is 86.1 Å². The van der Waals surface area contributed by atoms with Gasteiger partial charge in [0, 0.05) is 35.5 Å². The predicted octanol–water partition coefficient (Wildman–Crippen LogP) is 4.41. The minimum absolute atomic E-state index is 0.110. The summed E-state index contributed by atoms with van der Waals surface area (Å²) < 4.78 is 1.90. The summed E-state index contributed by atoms with van der Waals surface area (Å²) in [4.78, 5) is 23.5. The van der Waals surface area contributed by atoms with Crippen LogP contribution < -0.4 is 0 Å². The molecule has 6 nitrogen and oxygen atoms in total. The second-order valence-electron chi connectivity index (χ2n) is 7.60. The van der Waals surface area contributed by atoms with Gasteiger partial charge in [-0.15, -0.1) is 0 Å². The van der Waals surface area contributed by atoms with Crippen LogP contribution in [0.5, 0.6) is 0 Å². The lowest BCUT2D eigenvalue weighted by molar-refractivity contribution is -0.125. The highest BCUT2D eigenvalue weighted by Gasteiger charge is 2.13. The number of aromatic nitrogens is 4. The van der Waals surface area contributed by atoms with E-state index in [-0.39, 0.29) is 5.91 Å². The fourth-order valence-corrected chi connectivity index (χ4v) is 3.65. The number of fused-ring (bicyclic) bond motifs is 1. The van der Waals surface area contributed by atoms with Crippen LogP contribution in [0.3, 0.4) is 0 Å². The number of aryl methyl sites for hydroxylation is 2. The Kier molecular flexibility index (Phi) is 5.62. The number of likely N-dealkylation sites (N-methyl/N-ethyl adjacent to an activating group) is 1. The Bertz CT molecular complexity index is 1270.